The van der Waals surface area contributed by atoms with Crippen molar-refractivity contribution in [1.82, 2.24) is 19.9 Å². The molecule has 2 aromatic heterocycles. The van der Waals surface area contributed by atoms with Gasteiger partial charge in [0.2, 0.25) is 0 Å². The Morgan fingerprint density at radius 1 is 1.16 bits per heavy atom. The highest BCUT2D eigenvalue weighted by molar-refractivity contribution is 5.96. The minimum atomic E-state index is -1.01. The van der Waals surface area contributed by atoms with Crippen molar-refractivity contribution in [2.75, 3.05) is 0 Å². The van der Waals surface area contributed by atoms with Crippen LogP contribution in [0.15, 0.2) is 42.7 Å². The summed E-state index contributed by atoms with van der Waals surface area (Å²) in [7, 11) is 0. The van der Waals surface area contributed by atoms with E-state index in [-0.39, 0.29) is 11.8 Å². The van der Waals surface area contributed by atoms with E-state index in [2.05, 4.69) is 21.8 Å². The molecule has 0 aliphatic rings. The topological polar surface area (TPSA) is 97.1 Å². The highest BCUT2D eigenvalue weighted by Crippen LogP contribution is 2.19. The Bertz CT molecular complexity index is 1040. The lowest BCUT2D eigenvalue weighted by atomic mass is 9.99. The average molecular weight is 423 g/mol. The van der Waals surface area contributed by atoms with Gasteiger partial charge in [0.25, 0.3) is 5.91 Å². The van der Waals surface area contributed by atoms with Crippen molar-refractivity contribution in [3.63, 3.8) is 0 Å². The third kappa shape index (κ3) is 5.29. The van der Waals surface area contributed by atoms with Gasteiger partial charge in [-0.3, -0.25) is 9.78 Å². The van der Waals surface area contributed by atoms with Crippen LogP contribution < -0.4 is 5.32 Å². The molecule has 1 amide bonds. The lowest BCUT2D eigenvalue weighted by Gasteiger charge is -2.20. The number of imidazole rings is 1. The first-order valence-corrected chi connectivity index (χ1v) is 10.9. The minimum absolute atomic E-state index is 0.148. The second-order valence-corrected chi connectivity index (χ2v) is 7.95. The van der Waals surface area contributed by atoms with E-state index in [1.165, 1.54) is 0 Å². The molecule has 0 saturated carbocycles. The summed E-state index contributed by atoms with van der Waals surface area (Å²) >= 11 is 0. The zero-order valence-corrected chi connectivity index (χ0v) is 18.3. The molecule has 0 unspecified atom stereocenters. The number of unbranched alkanes of at least 4 members (excludes halogenated alkanes) is 1. The van der Waals surface area contributed by atoms with Crippen molar-refractivity contribution in [2.45, 2.75) is 59.0 Å². The Kier molecular flexibility index (Phi) is 7.39. The van der Waals surface area contributed by atoms with E-state index in [9.17, 15) is 14.7 Å². The molecule has 0 aliphatic heterocycles. The summed E-state index contributed by atoms with van der Waals surface area (Å²) in [5.41, 5.74) is 3.41. The number of amides is 1. The van der Waals surface area contributed by atoms with Gasteiger partial charge in [-0.15, -0.1) is 0 Å². The number of carbonyl (C=O) groups excluding carboxylic acids is 1. The minimum Gasteiger partial charge on any atom is -0.480 e. The number of hydrogen-bond acceptors (Lipinski definition) is 4. The lowest BCUT2D eigenvalue weighted by Crippen LogP contribution is -2.45. The van der Waals surface area contributed by atoms with E-state index >= 15 is 0 Å². The number of rotatable bonds is 10. The van der Waals surface area contributed by atoms with Crippen molar-refractivity contribution >= 4 is 22.9 Å². The maximum atomic E-state index is 12.6. The number of carboxylic acid groups (broad SMARTS) is 1. The van der Waals surface area contributed by atoms with E-state index < -0.39 is 12.0 Å². The predicted molar refractivity (Wildman–Crippen MR) is 120 cm³/mol. The fourth-order valence-electron chi connectivity index (χ4n) is 3.57. The fraction of sp³-hybridized carbons (Fsp3) is 0.417. The number of aliphatic carboxylic acids is 1. The zero-order chi connectivity index (χ0) is 22.4. The molecule has 1 aromatic carbocycles. The molecule has 0 fully saturated rings. The largest absolute Gasteiger partial charge is 0.480 e. The molecule has 3 rings (SSSR count). The van der Waals surface area contributed by atoms with Gasteiger partial charge in [0.15, 0.2) is 0 Å². The number of nitrogens with zero attached hydrogens (tertiary/aromatic N) is 3. The molecular formula is C24H30N4O3. The number of nitrogens with one attached hydrogen (secondary N) is 1. The van der Waals surface area contributed by atoms with Crippen LogP contribution in [0.4, 0.5) is 0 Å². The van der Waals surface area contributed by atoms with Crippen LogP contribution in [0.2, 0.25) is 0 Å². The van der Waals surface area contributed by atoms with Crippen molar-refractivity contribution in [3.8, 4) is 0 Å². The first-order chi connectivity index (χ1) is 14.9. The van der Waals surface area contributed by atoms with Crippen molar-refractivity contribution in [1.29, 1.82) is 0 Å². The van der Waals surface area contributed by atoms with Gasteiger partial charge in [0, 0.05) is 24.7 Å². The summed E-state index contributed by atoms with van der Waals surface area (Å²) in [5, 5.41) is 12.0. The van der Waals surface area contributed by atoms with E-state index in [1.54, 1.807) is 18.3 Å². The Labute approximate surface area is 182 Å². The van der Waals surface area contributed by atoms with Crippen molar-refractivity contribution in [2.24, 2.45) is 5.92 Å². The standard InChI is InChI=1S/C24H30N4O3/c1-4-6-7-21-26-19-12-13-25-14-20(19)28(21)15-17-8-10-18(11-9-17)23(29)27-22(24(30)31)16(3)5-2/h8-14,16,22H,4-7,15H2,1-3H3,(H,27,29)(H,30,31)/t16-,22-/m0/s1. The molecule has 2 heterocycles. The average Bonchev–Trinajstić information content (AvgIpc) is 3.12. The molecule has 7 nitrogen and oxygen atoms in total. The summed E-state index contributed by atoms with van der Waals surface area (Å²) < 4.78 is 2.18. The second-order valence-electron chi connectivity index (χ2n) is 7.95. The molecule has 7 heteroatoms. The van der Waals surface area contributed by atoms with Crippen LogP contribution in [0.1, 0.15) is 61.8 Å². The smallest absolute Gasteiger partial charge is 0.326 e. The van der Waals surface area contributed by atoms with Crippen LogP contribution in [-0.2, 0) is 17.8 Å². The van der Waals surface area contributed by atoms with E-state index in [1.807, 2.05) is 38.2 Å². The number of benzene rings is 1. The molecule has 0 bridgehead atoms. The summed E-state index contributed by atoms with van der Waals surface area (Å²) in [5.74, 6) is -0.505. The molecule has 31 heavy (non-hydrogen) atoms. The molecule has 0 aliphatic carbocycles. The molecule has 2 atom stereocenters. The Morgan fingerprint density at radius 2 is 1.90 bits per heavy atom. The van der Waals surface area contributed by atoms with Crippen LogP contribution in [-0.4, -0.2) is 37.6 Å². The van der Waals surface area contributed by atoms with Crippen LogP contribution in [0.25, 0.3) is 11.0 Å². The number of carbonyl (C=O) groups is 2. The number of pyridine rings is 1. The van der Waals surface area contributed by atoms with Gasteiger partial charge in [-0.05, 0) is 36.1 Å². The lowest BCUT2D eigenvalue weighted by molar-refractivity contribution is -0.140. The van der Waals surface area contributed by atoms with Gasteiger partial charge in [-0.1, -0.05) is 45.7 Å². The van der Waals surface area contributed by atoms with Gasteiger partial charge in [-0.2, -0.15) is 0 Å². The summed E-state index contributed by atoms with van der Waals surface area (Å²) in [6.45, 7) is 6.52. The first-order valence-electron chi connectivity index (χ1n) is 10.9. The maximum Gasteiger partial charge on any atom is 0.326 e. The normalized spacial score (nSPS) is 13.1. The molecule has 0 spiro atoms. The highest BCUT2D eigenvalue weighted by Gasteiger charge is 2.25. The number of fused-ring (bicyclic) bond motifs is 1. The van der Waals surface area contributed by atoms with Crippen molar-refractivity contribution < 1.29 is 14.7 Å². The van der Waals surface area contributed by atoms with Crippen LogP contribution in [0, 0.1) is 5.92 Å². The number of aryl methyl sites for hydroxylation is 1. The fourth-order valence-corrected chi connectivity index (χ4v) is 3.57. The van der Waals surface area contributed by atoms with Gasteiger partial charge in [0.1, 0.15) is 11.9 Å². The van der Waals surface area contributed by atoms with Gasteiger partial charge >= 0.3 is 5.97 Å². The monoisotopic (exact) mass is 422 g/mol. The zero-order valence-electron chi connectivity index (χ0n) is 18.3. The Morgan fingerprint density at radius 3 is 2.55 bits per heavy atom. The second kappa shape index (κ2) is 10.2. The molecule has 0 radical (unpaired) electrons. The number of carboxylic acids is 1. The van der Waals surface area contributed by atoms with Crippen molar-refractivity contribution in [3.05, 3.63) is 59.7 Å². The summed E-state index contributed by atoms with van der Waals surface area (Å²) in [6, 6.07) is 8.31. The van der Waals surface area contributed by atoms with E-state index in [4.69, 9.17) is 4.98 Å². The van der Waals surface area contributed by atoms with Crippen LogP contribution >= 0.6 is 0 Å². The number of aromatic nitrogens is 3. The summed E-state index contributed by atoms with van der Waals surface area (Å²) in [6.07, 6.45) is 7.32. The third-order valence-corrected chi connectivity index (χ3v) is 5.71. The molecule has 164 valence electrons. The highest BCUT2D eigenvalue weighted by atomic mass is 16.4. The quantitative estimate of drug-likeness (QED) is 0.514. The maximum absolute atomic E-state index is 12.6. The third-order valence-electron chi connectivity index (χ3n) is 5.71. The first kappa shape index (κ1) is 22.5. The SMILES string of the molecule is CCCCc1nc2ccncc2n1Cc1ccc(C(=O)N[C@H](C(=O)O)[C@@H](C)CC)cc1. The predicted octanol–water partition coefficient (Wildman–Crippen LogP) is 4.05. The number of hydrogen-bond donors (Lipinski definition) is 2. The van der Waals surface area contributed by atoms with Gasteiger partial charge in [-0.25, -0.2) is 9.78 Å². The molecular weight excluding hydrogens is 392 g/mol. The van der Waals surface area contributed by atoms with E-state index in [0.29, 0.717) is 18.5 Å². The Balaban J connectivity index is 1.78. The molecule has 3 aromatic rings. The van der Waals surface area contributed by atoms with Crippen LogP contribution in [0.3, 0.4) is 0 Å². The van der Waals surface area contributed by atoms with Crippen LogP contribution in [0.5, 0.6) is 0 Å². The summed E-state index contributed by atoms with van der Waals surface area (Å²) in [4.78, 5) is 33.1. The van der Waals surface area contributed by atoms with Gasteiger partial charge < -0.3 is 15.0 Å². The van der Waals surface area contributed by atoms with E-state index in [0.717, 1.165) is 41.7 Å². The molecule has 0 saturated heterocycles. The molecule has 2 N–H and O–H groups in total. The Hall–Kier alpha value is -3.22. The van der Waals surface area contributed by atoms with Gasteiger partial charge in [0.05, 0.1) is 17.2 Å².